The summed E-state index contributed by atoms with van der Waals surface area (Å²) in [6, 6.07) is 14.4. The molecule has 2 aromatic carbocycles. The molecule has 2 aliphatic rings. The van der Waals surface area contributed by atoms with Crippen molar-refractivity contribution in [1.82, 2.24) is 31.2 Å². The van der Waals surface area contributed by atoms with Crippen molar-refractivity contribution in [2.45, 2.75) is 142 Å². The number of fused-ring (bicyclic) bond motifs is 6. The molecular weight excluding hydrogens is 1160 g/mol. The Bertz CT molecular complexity index is 3900. The van der Waals surface area contributed by atoms with Gasteiger partial charge < -0.3 is 26.2 Å². The van der Waals surface area contributed by atoms with Crippen LogP contribution in [0.15, 0.2) is 82.0 Å². The zero-order chi connectivity index (χ0) is 61.6. The van der Waals surface area contributed by atoms with Crippen molar-refractivity contribution in [3.8, 4) is 22.3 Å². The molecule has 454 valence electrons. The molecule has 0 unspecified atom stereocenters. The molecule has 8 rings (SSSR count). The summed E-state index contributed by atoms with van der Waals surface area (Å²) >= 11 is 2.48. The lowest BCUT2D eigenvalue weighted by molar-refractivity contribution is -0.436. The maximum atomic E-state index is 13.7. The van der Waals surface area contributed by atoms with Crippen LogP contribution in [-0.4, -0.2) is 115 Å². The van der Waals surface area contributed by atoms with Crippen LogP contribution in [0.1, 0.15) is 180 Å². The molecule has 0 bridgehead atoms. The van der Waals surface area contributed by atoms with Crippen LogP contribution in [-0.2, 0) is 31.1 Å². The number of nitrogens with zero attached hydrogens (tertiary/aromatic N) is 4. The second-order valence-corrected chi connectivity index (χ2v) is 27.9. The molecule has 2 aliphatic heterocycles. The molecule has 6 heterocycles. The van der Waals surface area contributed by atoms with Gasteiger partial charge in [0.15, 0.2) is 5.71 Å². The molecule has 0 saturated heterocycles. The molecular formula is C63H79N8O10S4+. The maximum Gasteiger partial charge on any atom is 0.304 e. The average molecular weight is 1240 g/mol. The first-order valence-electron chi connectivity index (χ1n) is 29.5. The fourth-order valence-corrected chi connectivity index (χ4v) is 14.6. The minimum absolute atomic E-state index is 0.109. The lowest BCUT2D eigenvalue weighted by Crippen LogP contribution is -2.31. The van der Waals surface area contributed by atoms with Gasteiger partial charge in [-0.2, -0.15) is 21.4 Å². The van der Waals surface area contributed by atoms with Crippen LogP contribution in [0.25, 0.3) is 42.4 Å². The Labute approximate surface area is 507 Å². The first-order valence-corrected chi connectivity index (χ1v) is 34.2. The van der Waals surface area contributed by atoms with Crippen molar-refractivity contribution in [1.29, 1.82) is 0 Å². The minimum atomic E-state index is -4.74. The summed E-state index contributed by atoms with van der Waals surface area (Å²) in [4.78, 5) is 65.6. The third-order valence-electron chi connectivity index (χ3n) is 15.7. The summed E-state index contributed by atoms with van der Waals surface area (Å²) in [5, 5.41) is 14.8. The van der Waals surface area contributed by atoms with Crippen molar-refractivity contribution >= 4 is 104 Å². The van der Waals surface area contributed by atoms with Gasteiger partial charge in [0.2, 0.25) is 5.69 Å². The number of pyridine rings is 2. The number of hydrogen-bond acceptors (Lipinski definition) is 13. The van der Waals surface area contributed by atoms with Gasteiger partial charge in [-0.3, -0.25) is 28.3 Å². The number of unbranched alkanes of at least 4 members (excludes halogenated alkanes) is 6. The van der Waals surface area contributed by atoms with E-state index in [1.165, 1.54) is 18.2 Å². The van der Waals surface area contributed by atoms with Crippen LogP contribution in [0.2, 0.25) is 0 Å². The summed E-state index contributed by atoms with van der Waals surface area (Å²) in [5.41, 5.74) is 6.94. The van der Waals surface area contributed by atoms with E-state index in [0.29, 0.717) is 59.4 Å². The minimum Gasteiger partial charge on any atom is -0.351 e. The summed E-state index contributed by atoms with van der Waals surface area (Å²) < 4.78 is 73.1. The van der Waals surface area contributed by atoms with E-state index in [9.17, 15) is 45.1 Å². The number of hydrogen-bond donors (Lipinski definition) is 6. The van der Waals surface area contributed by atoms with E-state index < -0.39 is 55.2 Å². The molecule has 4 aromatic heterocycles. The Morgan fingerprint density at radius 3 is 1.72 bits per heavy atom. The maximum absolute atomic E-state index is 13.7. The lowest BCUT2D eigenvalue weighted by atomic mass is 9.79. The summed E-state index contributed by atoms with van der Waals surface area (Å²) in [7, 11) is -9.16. The number of anilines is 1. The molecule has 4 amide bonds. The largest absolute Gasteiger partial charge is 0.351 e. The van der Waals surface area contributed by atoms with Gasteiger partial charge in [-0.25, -0.2) is 9.97 Å². The second kappa shape index (κ2) is 26.9. The van der Waals surface area contributed by atoms with Gasteiger partial charge in [0.25, 0.3) is 33.7 Å². The molecule has 6 aromatic rings. The van der Waals surface area contributed by atoms with E-state index in [4.69, 9.17) is 0 Å². The predicted molar refractivity (Wildman–Crippen MR) is 341 cm³/mol. The van der Waals surface area contributed by atoms with Crippen LogP contribution in [0, 0.1) is 0 Å². The fraction of sp³-hybridized carbons (Fsp3) is 0.444. The van der Waals surface area contributed by atoms with Crippen molar-refractivity contribution in [3.63, 3.8) is 0 Å². The Morgan fingerprint density at radius 2 is 1.18 bits per heavy atom. The predicted octanol–water partition coefficient (Wildman–Crippen LogP) is 11.9. The Hall–Kier alpha value is -6.69. The zero-order valence-electron chi connectivity index (χ0n) is 50.0. The molecule has 0 radical (unpaired) electrons. The highest BCUT2D eigenvalue weighted by Crippen LogP contribution is 2.55. The SMILES string of the molecule is CCCCCCN1/C(=C/C=C/C2=[N+](CCCCCC)c3c(cc(-c4cc(C(=O)NCC)nc(C(=O)NCCC)c4)c4sccc34)C2(C)C)C(C)(C)c2cc(-c3cc(C(=O)NCCC)nc(C(=O)NCCS(=O)(=O)O)c3)c3sc(S(=O)(=O)O)cc3c21. The fourth-order valence-electron chi connectivity index (χ4n) is 11.4. The summed E-state index contributed by atoms with van der Waals surface area (Å²) in [6.07, 6.45) is 15.7. The highest BCUT2D eigenvalue weighted by atomic mass is 32.3. The molecule has 0 atom stereocenters. The number of amides is 4. The third kappa shape index (κ3) is 13.9. The molecule has 18 nitrogen and oxygen atoms in total. The average Bonchev–Trinajstić information content (AvgIpc) is 4.27. The van der Waals surface area contributed by atoms with E-state index >= 15 is 0 Å². The van der Waals surface area contributed by atoms with E-state index in [1.54, 1.807) is 23.5 Å². The van der Waals surface area contributed by atoms with Crippen LogP contribution in [0.5, 0.6) is 0 Å². The van der Waals surface area contributed by atoms with Gasteiger partial charge in [0.1, 0.15) is 33.5 Å². The Morgan fingerprint density at radius 1 is 0.635 bits per heavy atom. The highest BCUT2D eigenvalue weighted by Gasteiger charge is 2.47. The normalized spacial score (nSPS) is 15.1. The molecule has 0 spiro atoms. The molecule has 0 fully saturated rings. The number of nitrogens with one attached hydrogen (secondary N) is 4. The number of aromatic nitrogens is 2. The number of benzene rings is 2. The first kappa shape index (κ1) is 64.3. The summed E-state index contributed by atoms with van der Waals surface area (Å²) in [5.74, 6) is -2.84. The molecule has 85 heavy (non-hydrogen) atoms. The smallest absolute Gasteiger partial charge is 0.304 e. The van der Waals surface area contributed by atoms with Gasteiger partial charge in [-0.15, -0.1) is 22.7 Å². The van der Waals surface area contributed by atoms with Gasteiger partial charge in [0, 0.05) is 87.8 Å². The van der Waals surface area contributed by atoms with Crippen molar-refractivity contribution in [2.75, 3.05) is 49.9 Å². The van der Waals surface area contributed by atoms with E-state index in [2.05, 4.69) is 118 Å². The number of thiophene rings is 2. The zero-order valence-corrected chi connectivity index (χ0v) is 53.3. The molecule has 6 N–H and O–H groups in total. The van der Waals surface area contributed by atoms with Crippen LogP contribution in [0.3, 0.4) is 0 Å². The van der Waals surface area contributed by atoms with Gasteiger partial charge >= 0.3 is 10.1 Å². The van der Waals surface area contributed by atoms with Crippen molar-refractivity contribution in [2.24, 2.45) is 0 Å². The van der Waals surface area contributed by atoms with Crippen molar-refractivity contribution < 1.29 is 49.7 Å². The molecule has 22 heteroatoms. The van der Waals surface area contributed by atoms with E-state index in [-0.39, 0.29) is 38.8 Å². The highest BCUT2D eigenvalue weighted by molar-refractivity contribution is 7.88. The first-order chi connectivity index (χ1) is 40.4. The molecule has 0 aliphatic carbocycles. The summed E-state index contributed by atoms with van der Waals surface area (Å²) in [6.45, 7) is 20.8. The van der Waals surface area contributed by atoms with Crippen LogP contribution in [0.4, 0.5) is 11.4 Å². The van der Waals surface area contributed by atoms with Crippen LogP contribution >= 0.6 is 22.7 Å². The lowest BCUT2D eigenvalue weighted by Gasteiger charge is -2.27. The van der Waals surface area contributed by atoms with Crippen LogP contribution < -0.4 is 26.2 Å². The quantitative estimate of drug-likeness (QED) is 0.0160. The van der Waals surface area contributed by atoms with Gasteiger partial charge in [-0.1, -0.05) is 79.7 Å². The van der Waals surface area contributed by atoms with E-state index in [1.807, 2.05) is 26.8 Å². The Kier molecular flexibility index (Phi) is 20.4. The monoisotopic (exact) mass is 1240 g/mol. The second-order valence-electron chi connectivity index (χ2n) is 22.7. The number of carbonyl (C=O) groups excluding carboxylic acids is 4. The number of allylic oxidation sites excluding steroid dienone is 4. The third-order valence-corrected chi connectivity index (χ3v) is 19.8. The number of rotatable bonds is 27. The van der Waals surface area contributed by atoms with E-state index in [0.717, 1.165) is 125 Å². The van der Waals surface area contributed by atoms with Gasteiger partial charge in [0.05, 0.1) is 22.2 Å². The number of carbonyl (C=O) groups is 4. The molecule has 0 saturated carbocycles. The van der Waals surface area contributed by atoms with Crippen molar-refractivity contribution in [3.05, 3.63) is 112 Å². The van der Waals surface area contributed by atoms with Gasteiger partial charge in [-0.05, 0) is 123 Å². The topological polar surface area (TPSA) is 257 Å². The Balaban J connectivity index is 1.30. The standard InChI is InChI=1S/C63H78N8O10S4/c1-10-15-17-19-28-70-51(62(6,7)45-36-42(56-41(54(45)70)24-30-82-56)39-32-47(58(72)64-14-5)68-48(33-39)59(73)65-25-12-3)22-21-23-52-63(8,9)46-37-43(57-44(38-53(83-57)85(79,80)81)55(46)71(52)29-20-18-16-11-2)40-34-49(60(74)66-26-13-4)69-50(35-40)61(75)67-27-31-84(76,77)78/h21-24,30,32-38H,10-20,25-29,31H2,1-9H3,(H5-,64,65,66,67,72,73,74,75,76,77,78,79,80,81)/p+1.